The van der Waals surface area contributed by atoms with Crippen molar-refractivity contribution in [2.45, 2.75) is 12.8 Å². The van der Waals surface area contributed by atoms with Crippen molar-refractivity contribution in [1.29, 1.82) is 0 Å². The molecule has 19 heavy (non-hydrogen) atoms. The Morgan fingerprint density at radius 2 is 1.89 bits per heavy atom. The quantitative estimate of drug-likeness (QED) is 0.694. The summed E-state index contributed by atoms with van der Waals surface area (Å²) in [4.78, 5) is 24.6. The molecule has 7 heteroatoms. The predicted molar refractivity (Wildman–Crippen MR) is 66.4 cm³/mol. The van der Waals surface area contributed by atoms with Crippen LogP contribution in [-0.4, -0.2) is 46.8 Å². The standard InChI is InChI=1S/C12H13BFNO4/c14-11-7-8(13(18)19)1-2-10(11)12(17)15-5-3-9(16)4-6-15/h1-2,7,18-19H,3-6H2. The number of ketones is 1. The Balaban J connectivity index is 2.17. The zero-order chi connectivity index (χ0) is 14.0. The highest BCUT2D eigenvalue weighted by Crippen LogP contribution is 2.13. The zero-order valence-corrected chi connectivity index (χ0v) is 10.2. The number of carbonyl (C=O) groups is 2. The molecule has 100 valence electrons. The van der Waals surface area contributed by atoms with E-state index in [9.17, 15) is 14.0 Å². The fraction of sp³-hybridized carbons (Fsp3) is 0.333. The number of nitrogens with zero attached hydrogens (tertiary/aromatic N) is 1. The average molecular weight is 265 g/mol. The Labute approximate surface area is 109 Å². The second-order valence-electron chi connectivity index (χ2n) is 4.44. The molecule has 1 aliphatic rings. The number of hydrogen-bond acceptors (Lipinski definition) is 4. The lowest BCUT2D eigenvalue weighted by atomic mass is 9.80. The summed E-state index contributed by atoms with van der Waals surface area (Å²) in [6, 6.07) is 3.44. The van der Waals surface area contributed by atoms with E-state index in [1.807, 2.05) is 0 Å². The molecule has 1 aliphatic heterocycles. The molecule has 1 amide bonds. The molecular weight excluding hydrogens is 252 g/mol. The Hall–Kier alpha value is -1.73. The molecule has 0 saturated carbocycles. The van der Waals surface area contributed by atoms with Gasteiger partial charge in [-0.15, -0.1) is 0 Å². The Kier molecular flexibility index (Phi) is 3.97. The van der Waals surface area contributed by atoms with Crippen molar-refractivity contribution in [1.82, 2.24) is 4.90 Å². The van der Waals surface area contributed by atoms with Gasteiger partial charge in [0.1, 0.15) is 11.6 Å². The van der Waals surface area contributed by atoms with Crippen molar-refractivity contribution in [2.75, 3.05) is 13.1 Å². The van der Waals surface area contributed by atoms with Gasteiger partial charge in [0.25, 0.3) is 5.91 Å². The highest BCUT2D eigenvalue weighted by atomic mass is 19.1. The van der Waals surface area contributed by atoms with Gasteiger partial charge < -0.3 is 14.9 Å². The third-order valence-electron chi connectivity index (χ3n) is 3.13. The van der Waals surface area contributed by atoms with E-state index in [4.69, 9.17) is 10.0 Å². The van der Waals surface area contributed by atoms with Crippen LogP contribution in [0.25, 0.3) is 0 Å². The highest BCUT2D eigenvalue weighted by Gasteiger charge is 2.24. The second kappa shape index (κ2) is 5.50. The fourth-order valence-electron chi connectivity index (χ4n) is 1.99. The number of hydrogen-bond donors (Lipinski definition) is 2. The first-order valence-electron chi connectivity index (χ1n) is 5.95. The molecule has 0 aromatic heterocycles. The van der Waals surface area contributed by atoms with Gasteiger partial charge in [-0.25, -0.2) is 4.39 Å². The summed E-state index contributed by atoms with van der Waals surface area (Å²) in [5.74, 6) is -1.18. The highest BCUT2D eigenvalue weighted by molar-refractivity contribution is 6.58. The number of halogens is 1. The van der Waals surface area contributed by atoms with E-state index in [0.717, 1.165) is 6.07 Å². The number of carbonyl (C=O) groups excluding carboxylic acids is 2. The van der Waals surface area contributed by atoms with Crippen molar-refractivity contribution in [3.63, 3.8) is 0 Å². The SMILES string of the molecule is O=C1CCN(C(=O)c2ccc(B(O)O)cc2F)CC1. The number of benzene rings is 1. The smallest absolute Gasteiger partial charge is 0.423 e. The molecule has 1 aromatic carbocycles. The summed E-state index contributed by atoms with van der Waals surface area (Å²) in [5, 5.41) is 17.8. The van der Waals surface area contributed by atoms with Crippen LogP contribution in [0, 0.1) is 5.82 Å². The van der Waals surface area contributed by atoms with Gasteiger partial charge in [0.15, 0.2) is 0 Å². The van der Waals surface area contributed by atoms with Crippen LogP contribution in [0.2, 0.25) is 0 Å². The van der Waals surface area contributed by atoms with Crippen molar-refractivity contribution in [3.05, 3.63) is 29.6 Å². The number of Topliss-reactive ketones (excluding diaryl/α,β-unsaturated/α-hetero) is 1. The van der Waals surface area contributed by atoms with Crippen LogP contribution in [0.15, 0.2) is 18.2 Å². The van der Waals surface area contributed by atoms with Gasteiger partial charge in [-0.1, -0.05) is 6.07 Å². The molecule has 0 bridgehead atoms. The number of amides is 1. The normalized spacial score (nSPS) is 15.5. The maximum Gasteiger partial charge on any atom is 0.488 e. The lowest BCUT2D eigenvalue weighted by Crippen LogP contribution is -2.39. The van der Waals surface area contributed by atoms with E-state index in [1.165, 1.54) is 17.0 Å². The van der Waals surface area contributed by atoms with Crippen molar-refractivity contribution in [3.8, 4) is 0 Å². The van der Waals surface area contributed by atoms with Gasteiger partial charge in [-0.3, -0.25) is 9.59 Å². The van der Waals surface area contributed by atoms with Gasteiger partial charge in [0, 0.05) is 25.9 Å². The van der Waals surface area contributed by atoms with E-state index in [1.54, 1.807) is 0 Å². The van der Waals surface area contributed by atoms with Crippen LogP contribution in [0.5, 0.6) is 0 Å². The number of likely N-dealkylation sites (tertiary alicyclic amines) is 1. The van der Waals surface area contributed by atoms with E-state index in [0.29, 0.717) is 25.9 Å². The molecule has 0 spiro atoms. The van der Waals surface area contributed by atoms with Gasteiger partial charge in [0.05, 0.1) is 5.56 Å². The number of piperidine rings is 1. The fourth-order valence-corrected chi connectivity index (χ4v) is 1.99. The van der Waals surface area contributed by atoms with E-state index < -0.39 is 18.8 Å². The lowest BCUT2D eigenvalue weighted by molar-refractivity contribution is -0.120. The maximum atomic E-state index is 13.8. The molecule has 0 unspecified atom stereocenters. The van der Waals surface area contributed by atoms with E-state index in [2.05, 4.69) is 0 Å². The summed E-state index contributed by atoms with van der Waals surface area (Å²) in [6.45, 7) is 0.586. The topological polar surface area (TPSA) is 77.8 Å². The van der Waals surface area contributed by atoms with Crippen molar-refractivity contribution >= 4 is 24.3 Å². The largest absolute Gasteiger partial charge is 0.488 e. The summed E-state index contributed by atoms with van der Waals surface area (Å²) >= 11 is 0. The third-order valence-corrected chi connectivity index (χ3v) is 3.13. The first kappa shape index (κ1) is 13.7. The summed E-state index contributed by atoms with van der Waals surface area (Å²) in [7, 11) is -1.77. The molecule has 0 aliphatic carbocycles. The van der Waals surface area contributed by atoms with Crippen molar-refractivity contribution in [2.24, 2.45) is 0 Å². The van der Waals surface area contributed by atoms with Gasteiger partial charge >= 0.3 is 7.12 Å². The van der Waals surface area contributed by atoms with Crippen LogP contribution in [0.1, 0.15) is 23.2 Å². The van der Waals surface area contributed by atoms with E-state index >= 15 is 0 Å². The molecule has 1 aromatic rings. The number of rotatable bonds is 2. The molecular formula is C12H13BFNO4. The Morgan fingerprint density at radius 3 is 2.42 bits per heavy atom. The Morgan fingerprint density at radius 1 is 1.26 bits per heavy atom. The first-order chi connectivity index (χ1) is 8.99. The molecule has 2 N–H and O–H groups in total. The van der Waals surface area contributed by atoms with Gasteiger partial charge in [0.2, 0.25) is 0 Å². The minimum atomic E-state index is -1.77. The average Bonchev–Trinajstić information content (AvgIpc) is 2.38. The van der Waals surface area contributed by atoms with Crippen LogP contribution in [0.4, 0.5) is 4.39 Å². The third kappa shape index (κ3) is 3.00. The van der Waals surface area contributed by atoms with E-state index in [-0.39, 0.29) is 16.8 Å². The Bertz CT molecular complexity index is 510. The predicted octanol–water partition coefficient (Wildman–Crippen LogP) is -0.689. The van der Waals surface area contributed by atoms with Crippen LogP contribution in [-0.2, 0) is 4.79 Å². The maximum absolute atomic E-state index is 13.8. The molecule has 0 atom stereocenters. The van der Waals surface area contributed by atoms with Gasteiger partial charge in [-0.2, -0.15) is 0 Å². The summed E-state index contributed by atoms with van der Waals surface area (Å²) in [5.41, 5.74) is -0.137. The zero-order valence-electron chi connectivity index (χ0n) is 10.2. The summed E-state index contributed by atoms with van der Waals surface area (Å²) < 4.78 is 13.8. The lowest BCUT2D eigenvalue weighted by Gasteiger charge is -2.26. The van der Waals surface area contributed by atoms with Gasteiger partial charge in [-0.05, 0) is 17.6 Å². The van der Waals surface area contributed by atoms with Crippen LogP contribution in [0.3, 0.4) is 0 Å². The molecule has 1 heterocycles. The first-order valence-corrected chi connectivity index (χ1v) is 5.95. The minimum absolute atomic E-state index is 0.0112. The molecule has 1 saturated heterocycles. The monoisotopic (exact) mass is 265 g/mol. The van der Waals surface area contributed by atoms with Crippen molar-refractivity contribution < 1.29 is 24.0 Å². The molecule has 0 radical (unpaired) electrons. The minimum Gasteiger partial charge on any atom is -0.423 e. The molecule has 1 fully saturated rings. The van der Waals surface area contributed by atoms with Crippen LogP contribution < -0.4 is 5.46 Å². The molecule has 2 rings (SSSR count). The van der Waals surface area contributed by atoms with Crippen LogP contribution >= 0.6 is 0 Å². The molecule has 5 nitrogen and oxygen atoms in total. The second-order valence-corrected chi connectivity index (χ2v) is 4.44. The summed E-state index contributed by atoms with van der Waals surface area (Å²) in [6.07, 6.45) is 0.585.